The highest BCUT2D eigenvalue weighted by Crippen LogP contribution is 2.31. The summed E-state index contributed by atoms with van der Waals surface area (Å²) in [5.74, 6) is -6.32. The maximum Gasteiger partial charge on any atom is 0.253 e. The molecule has 3 rings (SSSR count). The maximum absolute atomic E-state index is 13.9. The average Bonchev–Trinajstić information content (AvgIpc) is 2.54. The second-order valence-electron chi connectivity index (χ2n) is 5.03. The normalized spacial score (nSPS) is 18.3. The quantitative estimate of drug-likeness (QED) is 0.572. The van der Waals surface area contributed by atoms with Crippen molar-refractivity contribution in [2.45, 2.75) is 6.10 Å². The third-order valence-electron chi connectivity index (χ3n) is 3.60. The van der Waals surface area contributed by atoms with Crippen molar-refractivity contribution in [2.24, 2.45) is 0 Å². The first-order chi connectivity index (χ1) is 11.0. The summed E-state index contributed by atoms with van der Waals surface area (Å²) in [6.07, 6.45) is -0.463. The molecule has 2 heterocycles. The molecule has 0 saturated carbocycles. The van der Waals surface area contributed by atoms with Crippen LogP contribution in [0.15, 0.2) is 28.7 Å². The summed E-state index contributed by atoms with van der Waals surface area (Å²) in [4.78, 5) is 3.80. The number of ether oxygens (including phenoxy) is 1. The predicted molar refractivity (Wildman–Crippen MR) is 79.1 cm³/mol. The van der Waals surface area contributed by atoms with Gasteiger partial charge in [0.1, 0.15) is 11.8 Å². The highest BCUT2D eigenvalue weighted by Gasteiger charge is 2.30. The minimum atomic E-state index is -1.66. The van der Waals surface area contributed by atoms with Gasteiger partial charge in [-0.1, -0.05) is 28.1 Å². The predicted octanol–water partition coefficient (Wildman–Crippen LogP) is 3.98. The molecule has 1 aliphatic rings. The van der Waals surface area contributed by atoms with Crippen LogP contribution in [0, 0.1) is 23.5 Å². The van der Waals surface area contributed by atoms with E-state index in [9.17, 15) is 17.6 Å². The van der Waals surface area contributed by atoms with Crippen LogP contribution in [0.1, 0.15) is 11.7 Å². The van der Waals surface area contributed by atoms with Crippen LogP contribution in [-0.4, -0.2) is 24.7 Å². The van der Waals surface area contributed by atoms with E-state index in [1.165, 1.54) is 4.90 Å². The van der Waals surface area contributed by atoms with E-state index >= 15 is 0 Å². The maximum atomic E-state index is 13.9. The summed E-state index contributed by atoms with van der Waals surface area (Å²) in [6, 6.07) is 7.23. The van der Waals surface area contributed by atoms with E-state index in [-0.39, 0.29) is 19.7 Å². The van der Waals surface area contributed by atoms with Crippen molar-refractivity contribution >= 4 is 21.6 Å². The Kier molecular flexibility index (Phi) is 4.54. The van der Waals surface area contributed by atoms with E-state index in [0.717, 1.165) is 10.0 Å². The standard InChI is InChI=1S/C15H11BrF4N2O/c16-9-3-1-8(2-4-9)10-7-22(5-6-23-10)13-11(17)14(19)21-15(20)12(13)18/h1-4,10H,5-7H2. The molecule has 1 unspecified atom stereocenters. The molecule has 122 valence electrons. The molecule has 23 heavy (non-hydrogen) atoms. The molecule has 0 amide bonds. The molecular formula is C15H11BrF4N2O. The summed E-state index contributed by atoms with van der Waals surface area (Å²) in [5.41, 5.74) is 0.0501. The Morgan fingerprint density at radius 2 is 1.65 bits per heavy atom. The molecule has 0 bridgehead atoms. The number of benzene rings is 1. The Bertz CT molecular complexity index is 700. The average molecular weight is 391 g/mol. The molecule has 1 aromatic heterocycles. The van der Waals surface area contributed by atoms with Crippen molar-refractivity contribution < 1.29 is 22.3 Å². The molecule has 1 aliphatic heterocycles. The Balaban J connectivity index is 1.91. The number of aromatic nitrogens is 1. The van der Waals surface area contributed by atoms with Crippen LogP contribution in [-0.2, 0) is 4.74 Å². The highest BCUT2D eigenvalue weighted by atomic mass is 79.9. The van der Waals surface area contributed by atoms with Crippen LogP contribution in [0.3, 0.4) is 0 Å². The zero-order valence-electron chi connectivity index (χ0n) is 11.7. The summed E-state index contributed by atoms with van der Waals surface area (Å²) in [7, 11) is 0. The van der Waals surface area contributed by atoms with Gasteiger partial charge in [-0.2, -0.15) is 22.5 Å². The van der Waals surface area contributed by atoms with Crippen molar-refractivity contribution in [3.63, 3.8) is 0 Å². The van der Waals surface area contributed by atoms with E-state index in [4.69, 9.17) is 4.74 Å². The number of anilines is 1. The Morgan fingerprint density at radius 1 is 1.04 bits per heavy atom. The number of rotatable bonds is 2. The van der Waals surface area contributed by atoms with Crippen LogP contribution in [0.5, 0.6) is 0 Å². The number of hydrogen-bond donors (Lipinski definition) is 0. The number of nitrogens with zero attached hydrogens (tertiary/aromatic N) is 2. The zero-order valence-corrected chi connectivity index (χ0v) is 13.3. The van der Waals surface area contributed by atoms with Gasteiger partial charge in [-0.25, -0.2) is 0 Å². The van der Waals surface area contributed by atoms with Gasteiger partial charge >= 0.3 is 0 Å². The van der Waals surface area contributed by atoms with E-state index in [2.05, 4.69) is 20.9 Å². The van der Waals surface area contributed by atoms with Crippen LogP contribution in [0.4, 0.5) is 23.2 Å². The molecule has 1 aromatic carbocycles. The summed E-state index contributed by atoms with van der Waals surface area (Å²) >= 11 is 3.31. The second kappa shape index (κ2) is 6.45. The van der Waals surface area contributed by atoms with Crippen molar-refractivity contribution in [3.8, 4) is 0 Å². The molecular weight excluding hydrogens is 380 g/mol. The molecule has 0 N–H and O–H groups in total. The number of morpholine rings is 1. The van der Waals surface area contributed by atoms with E-state index in [1.54, 1.807) is 12.1 Å². The molecule has 0 aliphatic carbocycles. The second-order valence-corrected chi connectivity index (χ2v) is 5.94. The van der Waals surface area contributed by atoms with Gasteiger partial charge in [0.2, 0.25) is 11.6 Å². The number of hydrogen-bond acceptors (Lipinski definition) is 3. The minimum Gasteiger partial charge on any atom is -0.370 e. The zero-order chi connectivity index (χ0) is 16.6. The monoisotopic (exact) mass is 390 g/mol. The summed E-state index contributed by atoms with van der Waals surface area (Å²) < 4.78 is 60.8. The van der Waals surface area contributed by atoms with Gasteiger partial charge in [-0.15, -0.1) is 0 Å². The van der Waals surface area contributed by atoms with Gasteiger partial charge in [0.05, 0.1) is 6.61 Å². The lowest BCUT2D eigenvalue weighted by Crippen LogP contribution is -2.39. The molecule has 0 spiro atoms. The van der Waals surface area contributed by atoms with Crippen LogP contribution in [0.2, 0.25) is 0 Å². The Morgan fingerprint density at radius 3 is 2.26 bits per heavy atom. The van der Waals surface area contributed by atoms with Gasteiger partial charge in [0, 0.05) is 17.6 Å². The topological polar surface area (TPSA) is 25.4 Å². The molecule has 8 heteroatoms. The van der Waals surface area contributed by atoms with Gasteiger partial charge < -0.3 is 9.64 Å². The largest absolute Gasteiger partial charge is 0.370 e. The van der Waals surface area contributed by atoms with E-state index in [0.29, 0.717) is 0 Å². The van der Waals surface area contributed by atoms with Gasteiger partial charge in [0.25, 0.3) is 11.9 Å². The van der Waals surface area contributed by atoms with Gasteiger partial charge in [-0.3, -0.25) is 0 Å². The number of pyridine rings is 1. The molecule has 2 aromatic rings. The van der Waals surface area contributed by atoms with Gasteiger partial charge in [0.15, 0.2) is 0 Å². The SMILES string of the molecule is Fc1nc(F)c(F)c(N2CCOC(c3ccc(Br)cc3)C2)c1F. The van der Waals surface area contributed by atoms with Crippen LogP contribution >= 0.6 is 15.9 Å². The molecule has 3 nitrogen and oxygen atoms in total. The van der Waals surface area contributed by atoms with E-state index in [1.807, 2.05) is 12.1 Å². The first-order valence-corrected chi connectivity index (χ1v) is 7.58. The summed E-state index contributed by atoms with van der Waals surface area (Å²) in [5, 5.41) is 0. The lowest BCUT2D eigenvalue weighted by atomic mass is 10.1. The Labute approximate surface area is 138 Å². The molecule has 1 atom stereocenters. The van der Waals surface area contributed by atoms with Gasteiger partial charge in [-0.05, 0) is 17.7 Å². The van der Waals surface area contributed by atoms with E-state index < -0.39 is 35.3 Å². The molecule has 1 saturated heterocycles. The van der Waals surface area contributed by atoms with Crippen molar-refractivity contribution in [3.05, 3.63) is 57.8 Å². The fraction of sp³-hybridized carbons (Fsp3) is 0.267. The minimum absolute atomic E-state index is 0.0678. The van der Waals surface area contributed by atoms with Crippen LogP contribution < -0.4 is 4.90 Å². The fourth-order valence-corrected chi connectivity index (χ4v) is 2.75. The number of halogens is 5. The smallest absolute Gasteiger partial charge is 0.253 e. The van der Waals surface area contributed by atoms with Crippen LogP contribution in [0.25, 0.3) is 0 Å². The third kappa shape index (κ3) is 3.18. The molecule has 1 fully saturated rings. The summed E-state index contributed by atoms with van der Waals surface area (Å²) in [6.45, 7) is 0.354. The Hall–Kier alpha value is -1.67. The van der Waals surface area contributed by atoms with Crippen molar-refractivity contribution in [1.82, 2.24) is 4.98 Å². The lowest BCUT2D eigenvalue weighted by Gasteiger charge is -2.35. The first kappa shape index (κ1) is 16.2. The van der Waals surface area contributed by atoms with Crippen molar-refractivity contribution in [2.75, 3.05) is 24.6 Å². The lowest BCUT2D eigenvalue weighted by molar-refractivity contribution is 0.0392. The van der Waals surface area contributed by atoms with Crippen molar-refractivity contribution in [1.29, 1.82) is 0 Å². The fourth-order valence-electron chi connectivity index (χ4n) is 2.49. The third-order valence-corrected chi connectivity index (χ3v) is 4.13. The first-order valence-electron chi connectivity index (χ1n) is 6.79. The molecule has 0 radical (unpaired) electrons. The highest BCUT2D eigenvalue weighted by molar-refractivity contribution is 9.10.